The fourth-order valence-electron chi connectivity index (χ4n) is 6.47. The number of hydrogen-bond donors (Lipinski definition) is 2. The number of alkyl halides is 1. The third-order valence-corrected chi connectivity index (χ3v) is 8.49. The van der Waals surface area contributed by atoms with Crippen molar-refractivity contribution >= 4 is 5.91 Å². The summed E-state index contributed by atoms with van der Waals surface area (Å²) in [6.07, 6.45) is 8.54. The lowest BCUT2D eigenvalue weighted by Crippen LogP contribution is -2.52. The fraction of sp³-hybridized carbons (Fsp3) is 0.957. The Bertz CT molecular complexity index is 549. The fourth-order valence-corrected chi connectivity index (χ4v) is 6.47. The van der Waals surface area contributed by atoms with E-state index in [0.717, 1.165) is 19.3 Å². The quantitative estimate of drug-likeness (QED) is 0.751. The van der Waals surface area contributed by atoms with Gasteiger partial charge in [-0.2, -0.15) is 0 Å². The molecular formula is C23H41FN4O. The molecule has 2 aliphatic heterocycles. The maximum atomic E-state index is 14.4. The number of rotatable bonds is 4. The third kappa shape index (κ3) is 4.80. The molecule has 6 heteroatoms. The van der Waals surface area contributed by atoms with Gasteiger partial charge in [-0.1, -0.05) is 6.92 Å². The van der Waals surface area contributed by atoms with Crippen LogP contribution in [0.1, 0.15) is 64.7 Å². The van der Waals surface area contributed by atoms with E-state index in [1.165, 1.54) is 38.8 Å². The van der Waals surface area contributed by atoms with Crippen LogP contribution in [0.2, 0.25) is 0 Å². The molecule has 0 aromatic heterocycles. The average molecular weight is 409 g/mol. The molecule has 4 aliphatic rings. The summed E-state index contributed by atoms with van der Waals surface area (Å²) in [7, 11) is 4.50. The van der Waals surface area contributed by atoms with Crippen LogP contribution in [0.5, 0.6) is 0 Å². The van der Waals surface area contributed by atoms with Crippen LogP contribution in [0.3, 0.4) is 0 Å². The van der Waals surface area contributed by atoms with Gasteiger partial charge in [-0.25, -0.2) is 4.39 Å². The van der Waals surface area contributed by atoms with Crippen LogP contribution in [0.15, 0.2) is 0 Å². The lowest BCUT2D eigenvalue weighted by Gasteiger charge is -2.42. The second-order valence-corrected chi connectivity index (χ2v) is 10.4. The molecule has 4 fully saturated rings. The summed E-state index contributed by atoms with van der Waals surface area (Å²) in [5.41, 5.74) is 0. The molecular weight excluding hydrogens is 367 g/mol. The van der Waals surface area contributed by atoms with Crippen molar-refractivity contribution in [2.75, 3.05) is 27.2 Å². The first-order valence-corrected chi connectivity index (χ1v) is 12.0. The van der Waals surface area contributed by atoms with E-state index in [-0.39, 0.29) is 30.0 Å². The molecule has 29 heavy (non-hydrogen) atoms. The van der Waals surface area contributed by atoms with Crippen molar-refractivity contribution in [1.82, 2.24) is 20.4 Å². The zero-order valence-electron chi connectivity index (χ0n) is 18.6. The summed E-state index contributed by atoms with van der Waals surface area (Å²) in [5.74, 6) is 0.586. The van der Waals surface area contributed by atoms with Gasteiger partial charge in [-0.3, -0.25) is 4.79 Å². The van der Waals surface area contributed by atoms with Gasteiger partial charge in [0.25, 0.3) is 0 Å². The first-order chi connectivity index (χ1) is 13.9. The van der Waals surface area contributed by atoms with E-state index in [0.29, 0.717) is 30.8 Å². The highest BCUT2D eigenvalue weighted by molar-refractivity contribution is 5.82. The summed E-state index contributed by atoms with van der Waals surface area (Å²) in [6, 6.07) is 1.46. The van der Waals surface area contributed by atoms with Crippen LogP contribution in [-0.4, -0.2) is 79.3 Å². The summed E-state index contributed by atoms with van der Waals surface area (Å²) in [4.78, 5) is 18.0. The lowest BCUT2D eigenvalue weighted by molar-refractivity contribution is -0.124. The van der Waals surface area contributed by atoms with E-state index in [2.05, 4.69) is 41.5 Å². The normalized spacial score (nSPS) is 42.0. The molecule has 5 nitrogen and oxygen atoms in total. The number of amides is 1. The summed E-state index contributed by atoms with van der Waals surface area (Å²) < 4.78 is 14.4. The minimum atomic E-state index is -0.747. The predicted octanol–water partition coefficient (Wildman–Crippen LogP) is 2.55. The largest absolute Gasteiger partial charge is 0.352 e. The number of nitrogens with zero attached hydrogens (tertiary/aromatic N) is 2. The molecule has 2 heterocycles. The molecule has 4 rings (SSSR count). The average Bonchev–Trinajstić information content (AvgIpc) is 3.18. The van der Waals surface area contributed by atoms with Crippen molar-refractivity contribution in [3.05, 3.63) is 0 Å². The van der Waals surface area contributed by atoms with Crippen molar-refractivity contribution in [3.63, 3.8) is 0 Å². The first kappa shape index (κ1) is 21.5. The zero-order valence-corrected chi connectivity index (χ0v) is 18.6. The Labute approximate surface area is 176 Å². The van der Waals surface area contributed by atoms with Crippen LogP contribution in [0, 0.1) is 11.8 Å². The standard InChI is InChI=1S/C23H41FN4O/c1-15-7-8-20(24)19-14-21(26-22(15)19)23(29)25-16-5-4-6-18(13-16)28(3)17-9-11-27(2)12-10-17/h15-22,26H,4-14H2,1-3H3,(H,25,29). The van der Waals surface area contributed by atoms with Crippen molar-refractivity contribution < 1.29 is 9.18 Å². The van der Waals surface area contributed by atoms with Gasteiger partial charge >= 0.3 is 0 Å². The van der Waals surface area contributed by atoms with Gasteiger partial charge in [0.2, 0.25) is 5.91 Å². The van der Waals surface area contributed by atoms with E-state index in [1.807, 2.05) is 0 Å². The molecule has 7 atom stereocenters. The molecule has 0 bridgehead atoms. The predicted molar refractivity (Wildman–Crippen MR) is 115 cm³/mol. The molecule has 1 amide bonds. The Hall–Kier alpha value is -0.720. The molecule has 166 valence electrons. The number of fused-ring (bicyclic) bond motifs is 1. The second-order valence-electron chi connectivity index (χ2n) is 10.4. The van der Waals surface area contributed by atoms with E-state index in [1.54, 1.807) is 0 Å². The maximum absolute atomic E-state index is 14.4. The highest BCUT2D eigenvalue weighted by Gasteiger charge is 2.46. The summed E-state index contributed by atoms with van der Waals surface area (Å²) in [5, 5.41) is 6.82. The Morgan fingerprint density at radius 3 is 2.55 bits per heavy atom. The van der Waals surface area contributed by atoms with Crippen LogP contribution in [0.25, 0.3) is 0 Å². The van der Waals surface area contributed by atoms with Crippen molar-refractivity contribution in [3.8, 4) is 0 Å². The number of piperidine rings is 1. The maximum Gasteiger partial charge on any atom is 0.237 e. The van der Waals surface area contributed by atoms with Crippen LogP contribution < -0.4 is 10.6 Å². The molecule has 2 saturated carbocycles. The number of carbonyl (C=O) groups excluding carboxylic acids is 1. The van der Waals surface area contributed by atoms with Crippen molar-refractivity contribution in [1.29, 1.82) is 0 Å². The van der Waals surface area contributed by atoms with E-state index < -0.39 is 6.17 Å². The highest BCUT2D eigenvalue weighted by Crippen LogP contribution is 2.38. The lowest BCUT2D eigenvalue weighted by atomic mass is 9.77. The number of likely N-dealkylation sites (tertiary alicyclic amines) is 1. The molecule has 0 aromatic rings. The van der Waals surface area contributed by atoms with Crippen LogP contribution in [-0.2, 0) is 4.79 Å². The number of hydrogen-bond acceptors (Lipinski definition) is 4. The van der Waals surface area contributed by atoms with Gasteiger partial charge in [0.05, 0.1) is 6.04 Å². The van der Waals surface area contributed by atoms with Crippen LogP contribution >= 0.6 is 0 Å². The Balaban J connectivity index is 1.28. The molecule has 2 N–H and O–H groups in total. The Morgan fingerprint density at radius 2 is 1.83 bits per heavy atom. The van der Waals surface area contributed by atoms with E-state index >= 15 is 0 Å². The molecule has 0 spiro atoms. The number of nitrogens with one attached hydrogen (secondary N) is 2. The minimum absolute atomic E-state index is 0.0178. The first-order valence-electron chi connectivity index (χ1n) is 12.0. The molecule has 0 radical (unpaired) electrons. The second kappa shape index (κ2) is 9.19. The Kier molecular flexibility index (Phi) is 6.82. The Morgan fingerprint density at radius 1 is 1.07 bits per heavy atom. The zero-order chi connectivity index (χ0) is 20.5. The summed E-state index contributed by atoms with van der Waals surface area (Å²) >= 11 is 0. The van der Waals surface area contributed by atoms with Gasteiger partial charge in [0, 0.05) is 30.1 Å². The number of halogens is 1. The van der Waals surface area contributed by atoms with Crippen LogP contribution in [0.4, 0.5) is 4.39 Å². The SMILES string of the molecule is CC1CCC(F)C2CC(C(=O)NC3CCCC(N(C)C4CCN(C)CC4)C3)NC12. The van der Waals surface area contributed by atoms with Gasteiger partial charge in [0.1, 0.15) is 6.17 Å². The van der Waals surface area contributed by atoms with Gasteiger partial charge in [-0.15, -0.1) is 0 Å². The van der Waals surface area contributed by atoms with Gasteiger partial charge in [-0.05, 0) is 90.9 Å². The smallest absolute Gasteiger partial charge is 0.237 e. The molecule has 2 aliphatic carbocycles. The van der Waals surface area contributed by atoms with Gasteiger partial charge in [0.15, 0.2) is 0 Å². The monoisotopic (exact) mass is 408 g/mol. The van der Waals surface area contributed by atoms with Crippen molar-refractivity contribution in [2.45, 2.75) is 101 Å². The third-order valence-electron chi connectivity index (χ3n) is 8.49. The van der Waals surface area contributed by atoms with Crippen molar-refractivity contribution in [2.24, 2.45) is 11.8 Å². The topological polar surface area (TPSA) is 47.6 Å². The summed E-state index contributed by atoms with van der Waals surface area (Å²) in [6.45, 7) is 4.57. The highest BCUT2D eigenvalue weighted by atomic mass is 19.1. The van der Waals surface area contributed by atoms with E-state index in [4.69, 9.17) is 0 Å². The van der Waals surface area contributed by atoms with E-state index in [9.17, 15) is 9.18 Å². The van der Waals surface area contributed by atoms with Gasteiger partial charge < -0.3 is 20.4 Å². The number of carbonyl (C=O) groups is 1. The molecule has 7 unspecified atom stereocenters. The molecule has 0 aromatic carbocycles. The molecule has 2 saturated heterocycles. The minimum Gasteiger partial charge on any atom is -0.352 e.